The lowest BCUT2D eigenvalue weighted by molar-refractivity contribution is -0.219. The monoisotopic (exact) mass is 804 g/mol. The second-order valence-corrected chi connectivity index (χ2v) is 16.3. The zero-order valence-corrected chi connectivity index (χ0v) is 31.8. The van der Waals surface area contributed by atoms with Crippen molar-refractivity contribution < 1.29 is 90.5 Å². The van der Waals surface area contributed by atoms with Crippen LogP contribution in [0.1, 0.15) is 90.9 Å². The third-order valence-electron chi connectivity index (χ3n) is 13.0. The SMILES string of the molecule is C=C1CC23CCC4[C@](C)(C(=O)OC(O)/C(O)=C(/O)C(O)CCO)CCC[C@@]4(C)[C@@H]2CCC1(OC(O)/C(O)=C(/OC(O)/C(O)=C(/O)C(O)CCO)C(O)CCO)C3. The van der Waals surface area contributed by atoms with Crippen molar-refractivity contribution in [1.82, 2.24) is 0 Å². The normalized spacial score (nSPS) is 34.7. The first kappa shape index (κ1) is 45.5. The predicted molar refractivity (Wildman–Crippen MR) is 193 cm³/mol. The Kier molecular flexibility index (Phi) is 14.4. The lowest BCUT2D eigenvalue weighted by Gasteiger charge is -2.64. The number of fused-ring (bicyclic) bond motifs is 3. The van der Waals surface area contributed by atoms with Crippen LogP contribution >= 0.6 is 0 Å². The van der Waals surface area contributed by atoms with Crippen LogP contribution in [-0.2, 0) is 19.0 Å². The third-order valence-corrected chi connectivity index (χ3v) is 13.0. The fraction of sp³-hybridized carbons (Fsp3) is 0.763. The van der Waals surface area contributed by atoms with Crippen molar-refractivity contribution in [3.8, 4) is 0 Å². The van der Waals surface area contributed by atoms with Crippen LogP contribution in [0.4, 0.5) is 0 Å². The van der Waals surface area contributed by atoms with Gasteiger partial charge in [-0.15, -0.1) is 0 Å². The summed E-state index contributed by atoms with van der Waals surface area (Å²) in [6, 6.07) is 0. The second-order valence-electron chi connectivity index (χ2n) is 16.3. The Bertz CT molecular complexity index is 1530. The van der Waals surface area contributed by atoms with Crippen LogP contribution in [0.2, 0.25) is 0 Å². The number of hydrogen-bond donors (Lipinski definition) is 14. The zero-order chi connectivity index (χ0) is 42.0. The number of carbonyl (C=O) groups is 1. The summed E-state index contributed by atoms with van der Waals surface area (Å²) in [6.45, 7) is 6.46. The van der Waals surface area contributed by atoms with Gasteiger partial charge in [-0.1, -0.05) is 19.9 Å². The first-order valence-electron chi connectivity index (χ1n) is 19.0. The molecule has 0 aromatic carbocycles. The summed E-state index contributed by atoms with van der Waals surface area (Å²) in [7, 11) is 0. The lowest BCUT2D eigenvalue weighted by Crippen LogP contribution is -2.59. The highest BCUT2D eigenvalue weighted by Gasteiger charge is 2.68. The molecule has 4 rings (SSSR count). The molecular weight excluding hydrogens is 744 g/mol. The molecule has 0 aromatic rings. The molecule has 4 aliphatic carbocycles. The van der Waals surface area contributed by atoms with Gasteiger partial charge in [0.05, 0.1) is 11.0 Å². The first-order chi connectivity index (χ1) is 26.2. The first-order valence-corrected chi connectivity index (χ1v) is 19.0. The van der Waals surface area contributed by atoms with Crippen molar-refractivity contribution in [2.75, 3.05) is 19.8 Å². The summed E-state index contributed by atoms with van der Waals surface area (Å²) in [5.41, 5.74) is -2.45. The fourth-order valence-corrected chi connectivity index (χ4v) is 10.3. The van der Waals surface area contributed by atoms with E-state index >= 15 is 0 Å². The summed E-state index contributed by atoms with van der Waals surface area (Å²) in [5.74, 6) is -7.60. The predicted octanol–water partition coefficient (Wildman–Crippen LogP) is 1.26. The Labute approximate surface area is 324 Å². The molecule has 14 N–H and O–H groups in total. The molecule has 2 bridgehead atoms. The molecular formula is C38H60O18. The average Bonchev–Trinajstić information content (AvgIpc) is 3.34. The van der Waals surface area contributed by atoms with E-state index in [1.165, 1.54) is 0 Å². The van der Waals surface area contributed by atoms with E-state index in [-0.39, 0.29) is 18.3 Å². The molecule has 1 spiro atoms. The van der Waals surface area contributed by atoms with Crippen LogP contribution in [0, 0.1) is 28.1 Å². The largest absolute Gasteiger partial charge is 0.506 e. The maximum atomic E-state index is 13.8. The quantitative estimate of drug-likeness (QED) is 0.0401. The van der Waals surface area contributed by atoms with Crippen LogP contribution in [0.5, 0.6) is 0 Å². The molecule has 0 heterocycles. The molecule has 320 valence electrons. The van der Waals surface area contributed by atoms with Gasteiger partial charge in [0, 0.05) is 39.1 Å². The molecule has 12 atom stereocenters. The van der Waals surface area contributed by atoms with Crippen molar-refractivity contribution in [3.63, 3.8) is 0 Å². The van der Waals surface area contributed by atoms with Crippen LogP contribution in [0.25, 0.3) is 0 Å². The highest BCUT2D eigenvalue weighted by molar-refractivity contribution is 5.77. The van der Waals surface area contributed by atoms with Gasteiger partial charge in [-0.05, 0) is 86.5 Å². The van der Waals surface area contributed by atoms with Gasteiger partial charge in [0.2, 0.25) is 17.8 Å². The van der Waals surface area contributed by atoms with Crippen LogP contribution in [0.3, 0.4) is 0 Å². The van der Waals surface area contributed by atoms with Gasteiger partial charge in [-0.2, -0.15) is 0 Å². The van der Waals surface area contributed by atoms with Crippen molar-refractivity contribution in [2.45, 2.75) is 134 Å². The van der Waals surface area contributed by atoms with Crippen molar-refractivity contribution in [1.29, 1.82) is 0 Å². The minimum absolute atomic E-state index is 0.0263. The van der Waals surface area contributed by atoms with Gasteiger partial charge in [0.25, 0.3) is 12.6 Å². The standard InChI is InChI=1S/C38H60O18/c1-19-17-37-12-5-23-35(2,10-4-11-36(23,3)34(53)55-32(51)28(48)26(46)21(43)8-15-40)24(37)6-13-38(19,18-37)56-33(52)29(49)30(22(44)9-16-41)54-31(50)27(47)25(45)20(42)7-14-39/h20-24,31-33,39-52H,1,4-18H2,2-3H3/b27-25-,28-26-,30-29-/t20?,21?,22?,23?,24-,31?,32?,33?,35+,36+,37?,38?/m0/s1. The average molecular weight is 805 g/mol. The Balaban J connectivity index is 1.56. The van der Waals surface area contributed by atoms with Gasteiger partial charge in [-0.3, -0.25) is 4.79 Å². The summed E-state index contributed by atoms with van der Waals surface area (Å²) in [5, 5.41) is 142. The number of hydrogen-bond acceptors (Lipinski definition) is 18. The number of esters is 1. The fourth-order valence-electron chi connectivity index (χ4n) is 10.3. The maximum Gasteiger partial charge on any atom is 0.314 e. The molecule has 0 amide bonds. The Morgan fingerprint density at radius 1 is 0.679 bits per heavy atom. The van der Waals surface area contributed by atoms with E-state index in [0.717, 1.165) is 6.42 Å². The van der Waals surface area contributed by atoms with Gasteiger partial charge < -0.3 is 85.7 Å². The minimum Gasteiger partial charge on any atom is -0.506 e. The number of ether oxygens (including phenoxy) is 3. The van der Waals surface area contributed by atoms with Gasteiger partial charge in [0.15, 0.2) is 23.0 Å². The van der Waals surface area contributed by atoms with E-state index in [1.807, 2.05) is 0 Å². The number of rotatable bonds is 18. The molecule has 4 fully saturated rings. The zero-order valence-electron chi connectivity index (χ0n) is 31.8. The maximum absolute atomic E-state index is 13.8. The lowest BCUT2D eigenvalue weighted by atomic mass is 9.41. The van der Waals surface area contributed by atoms with Crippen molar-refractivity contribution in [3.05, 3.63) is 46.7 Å². The Morgan fingerprint density at radius 2 is 1.20 bits per heavy atom. The smallest absolute Gasteiger partial charge is 0.314 e. The third kappa shape index (κ3) is 8.50. The molecule has 0 radical (unpaired) electrons. The molecule has 4 saturated carbocycles. The number of aliphatic hydroxyl groups is 14. The van der Waals surface area contributed by atoms with E-state index in [2.05, 4.69) is 13.5 Å². The summed E-state index contributed by atoms with van der Waals surface area (Å²) < 4.78 is 16.6. The second kappa shape index (κ2) is 17.8. The highest BCUT2D eigenvalue weighted by Crippen LogP contribution is 2.73. The summed E-state index contributed by atoms with van der Waals surface area (Å²) in [6.07, 6.45) is -8.65. The highest BCUT2D eigenvalue weighted by atomic mass is 16.7. The molecule has 0 saturated heterocycles. The minimum atomic E-state index is -2.48. The molecule has 18 heteroatoms. The van der Waals surface area contributed by atoms with Gasteiger partial charge >= 0.3 is 5.97 Å². The van der Waals surface area contributed by atoms with Crippen LogP contribution < -0.4 is 0 Å². The Morgan fingerprint density at radius 3 is 1.75 bits per heavy atom. The Hall–Kier alpha value is -3.17. The van der Waals surface area contributed by atoms with E-state index in [4.69, 9.17) is 24.4 Å². The molecule has 56 heavy (non-hydrogen) atoms. The van der Waals surface area contributed by atoms with Crippen molar-refractivity contribution >= 4 is 5.97 Å². The van der Waals surface area contributed by atoms with E-state index in [1.54, 1.807) is 6.92 Å². The van der Waals surface area contributed by atoms with E-state index < -0.39 is 132 Å². The molecule has 4 aliphatic rings. The summed E-state index contributed by atoms with van der Waals surface area (Å²) >= 11 is 0. The van der Waals surface area contributed by atoms with Crippen LogP contribution in [0.15, 0.2) is 46.7 Å². The molecule has 0 aliphatic heterocycles. The van der Waals surface area contributed by atoms with E-state index in [9.17, 15) is 66.1 Å². The topological polar surface area (TPSA) is 328 Å². The van der Waals surface area contributed by atoms with Gasteiger partial charge in [0.1, 0.15) is 18.3 Å². The molecule has 0 aromatic heterocycles. The molecule has 18 nitrogen and oxygen atoms in total. The van der Waals surface area contributed by atoms with Crippen LogP contribution in [-0.4, -0.2) is 140 Å². The van der Waals surface area contributed by atoms with E-state index in [0.29, 0.717) is 56.9 Å². The number of aliphatic hydroxyl groups excluding tert-OH is 14. The number of carbonyl (C=O) groups excluding carboxylic acids is 1. The van der Waals surface area contributed by atoms with Gasteiger partial charge in [-0.25, -0.2) is 0 Å². The summed E-state index contributed by atoms with van der Waals surface area (Å²) in [4.78, 5) is 13.8. The molecule has 9 unspecified atom stereocenters. The van der Waals surface area contributed by atoms with Crippen molar-refractivity contribution in [2.24, 2.45) is 28.1 Å².